The maximum absolute atomic E-state index is 12.4. The summed E-state index contributed by atoms with van der Waals surface area (Å²) in [6.07, 6.45) is 1.07. The minimum absolute atomic E-state index is 0.201. The zero-order valence-corrected chi connectivity index (χ0v) is 17.0. The Bertz CT molecular complexity index is 984. The van der Waals surface area contributed by atoms with Gasteiger partial charge in [-0.25, -0.2) is 3.63 Å². The van der Waals surface area contributed by atoms with Crippen molar-refractivity contribution in [3.63, 3.8) is 0 Å². The molecule has 6 heteroatoms. The highest BCUT2D eigenvalue weighted by Crippen LogP contribution is 2.70. The third-order valence-corrected chi connectivity index (χ3v) is 8.75. The third kappa shape index (κ3) is 3.88. The molecule has 0 fully saturated rings. The number of hydrogen-bond donors (Lipinski definition) is 1. The molecular weight excluding hydrogens is 380 g/mol. The molecule has 0 aliphatic heterocycles. The van der Waals surface area contributed by atoms with Gasteiger partial charge in [-0.3, -0.25) is 0 Å². The zero-order valence-electron chi connectivity index (χ0n) is 15.4. The number of phenolic OH excluding ortho intramolecular Hbond substituents is 1. The van der Waals surface area contributed by atoms with Gasteiger partial charge >= 0.3 is 0 Å². The fraction of sp³-hybridized carbons (Fsp3) is 0.143. The van der Waals surface area contributed by atoms with Crippen LogP contribution in [0.1, 0.15) is 11.1 Å². The van der Waals surface area contributed by atoms with Gasteiger partial charge in [-0.05, 0) is 71.7 Å². The van der Waals surface area contributed by atoms with Crippen LogP contribution in [-0.2, 0) is 13.7 Å². The SMILES string of the molecule is Cc1cc(S(OS(C)(=O)=O)(c2ccccc2)c2ccccc2)cc(C)c1O. The average Bonchev–Trinajstić information content (AvgIpc) is 2.64. The van der Waals surface area contributed by atoms with Crippen LogP contribution in [0.25, 0.3) is 0 Å². The van der Waals surface area contributed by atoms with Crippen molar-refractivity contribution >= 4 is 20.4 Å². The van der Waals surface area contributed by atoms with Crippen LogP contribution in [0.2, 0.25) is 0 Å². The van der Waals surface area contributed by atoms with Gasteiger partial charge in [0.15, 0.2) is 0 Å². The van der Waals surface area contributed by atoms with Crippen LogP contribution in [0.15, 0.2) is 87.5 Å². The lowest BCUT2D eigenvalue weighted by atomic mass is 10.1. The minimum atomic E-state index is -3.79. The Morgan fingerprint density at radius 2 is 1.15 bits per heavy atom. The Labute approximate surface area is 162 Å². The van der Waals surface area contributed by atoms with Gasteiger partial charge in [0.1, 0.15) is 5.75 Å². The first-order chi connectivity index (χ1) is 12.7. The lowest BCUT2D eigenvalue weighted by Gasteiger charge is -2.39. The average molecular weight is 403 g/mol. The van der Waals surface area contributed by atoms with Gasteiger partial charge in [0.25, 0.3) is 10.1 Å². The molecule has 0 bridgehead atoms. The van der Waals surface area contributed by atoms with Crippen LogP contribution in [0, 0.1) is 13.8 Å². The van der Waals surface area contributed by atoms with Gasteiger partial charge in [0.05, 0.1) is 6.26 Å². The van der Waals surface area contributed by atoms with Crippen molar-refractivity contribution in [2.75, 3.05) is 6.26 Å². The summed E-state index contributed by atoms with van der Waals surface area (Å²) in [7, 11) is -6.34. The quantitative estimate of drug-likeness (QED) is 0.638. The van der Waals surface area contributed by atoms with Crippen molar-refractivity contribution in [2.24, 2.45) is 0 Å². The highest BCUT2D eigenvalue weighted by molar-refractivity contribution is 8.33. The highest BCUT2D eigenvalue weighted by Gasteiger charge is 2.36. The Morgan fingerprint density at radius 1 is 0.741 bits per heavy atom. The van der Waals surface area contributed by atoms with E-state index in [-0.39, 0.29) is 5.75 Å². The topological polar surface area (TPSA) is 63.6 Å². The van der Waals surface area contributed by atoms with E-state index in [9.17, 15) is 13.5 Å². The van der Waals surface area contributed by atoms with Crippen LogP contribution in [0.5, 0.6) is 5.75 Å². The first-order valence-electron chi connectivity index (χ1n) is 8.39. The predicted molar refractivity (Wildman–Crippen MR) is 109 cm³/mol. The molecule has 0 aromatic heterocycles. The highest BCUT2D eigenvalue weighted by atomic mass is 32.3. The Morgan fingerprint density at radius 3 is 1.52 bits per heavy atom. The normalized spacial score (nSPS) is 12.7. The first-order valence-corrected chi connectivity index (χ1v) is 11.8. The van der Waals surface area contributed by atoms with Gasteiger partial charge in [-0.1, -0.05) is 36.4 Å². The molecule has 0 heterocycles. The lowest BCUT2D eigenvalue weighted by molar-refractivity contribution is 0.466. The van der Waals surface area contributed by atoms with E-state index in [0.29, 0.717) is 11.1 Å². The van der Waals surface area contributed by atoms with Crippen LogP contribution >= 0.6 is 10.3 Å². The summed E-state index contributed by atoms with van der Waals surface area (Å²) in [4.78, 5) is 2.26. The maximum atomic E-state index is 12.4. The largest absolute Gasteiger partial charge is 0.507 e. The summed E-state index contributed by atoms with van der Waals surface area (Å²) < 4.78 is 30.6. The molecule has 27 heavy (non-hydrogen) atoms. The molecular formula is C21H22O4S2. The molecule has 0 aliphatic rings. The van der Waals surface area contributed by atoms with Gasteiger partial charge < -0.3 is 5.11 Å². The Kier molecular flexibility index (Phi) is 5.33. The molecule has 0 aliphatic carbocycles. The van der Waals surface area contributed by atoms with Crippen molar-refractivity contribution in [2.45, 2.75) is 28.5 Å². The number of hydrogen-bond acceptors (Lipinski definition) is 4. The summed E-state index contributed by atoms with van der Waals surface area (Å²) in [5.41, 5.74) is 1.34. The monoisotopic (exact) mass is 402 g/mol. The molecule has 0 saturated carbocycles. The molecule has 3 aromatic rings. The Balaban J connectivity index is 2.44. The second-order valence-corrected chi connectivity index (χ2v) is 10.8. The van der Waals surface area contributed by atoms with Crippen molar-refractivity contribution in [3.8, 4) is 5.75 Å². The van der Waals surface area contributed by atoms with Crippen LogP contribution < -0.4 is 0 Å². The van der Waals surface area contributed by atoms with Crippen LogP contribution in [0.4, 0.5) is 0 Å². The van der Waals surface area contributed by atoms with Crippen molar-refractivity contribution in [1.82, 2.24) is 0 Å². The zero-order chi connectivity index (χ0) is 19.7. The van der Waals surface area contributed by atoms with E-state index < -0.39 is 20.4 Å². The molecule has 0 spiro atoms. The molecule has 3 rings (SSSR count). The van der Waals surface area contributed by atoms with E-state index in [1.54, 1.807) is 13.8 Å². The standard InChI is InChI=1S/C21H22O4S2/c1-16-14-20(15-17(2)21(16)22)27(25-26(3,23)24,18-10-6-4-7-11-18)19-12-8-5-9-13-19/h4-15,22H,1-3H3. The number of aryl methyl sites for hydroxylation is 2. The fourth-order valence-corrected chi connectivity index (χ4v) is 8.03. The minimum Gasteiger partial charge on any atom is -0.507 e. The molecule has 0 atom stereocenters. The summed E-state index contributed by atoms with van der Waals surface area (Å²) in [6, 6.07) is 22.4. The molecule has 0 unspecified atom stereocenters. The van der Waals surface area contributed by atoms with E-state index in [1.165, 1.54) is 0 Å². The van der Waals surface area contributed by atoms with E-state index in [1.807, 2.05) is 72.8 Å². The molecule has 0 saturated heterocycles. The Hall–Kier alpha value is -2.28. The van der Waals surface area contributed by atoms with Crippen molar-refractivity contribution < 1.29 is 17.2 Å². The summed E-state index contributed by atoms with van der Waals surface area (Å²) in [6.45, 7) is 3.60. The van der Waals surface area contributed by atoms with Crippen molar-refractivity contribution in [1.29, 1.82) is 0 Å². The van der Waals surface area contributed by atoms with E-state index in [4.69, 9.17) is 3.63 Å². The molecule has 0 amide bonds. The number of aromatic hydroxyl groups is 1. The number of phenols is 1. The molecule has 4 nitrogen and oxygen atoms in total. The van der Waals surface area contributed by atoms with Gasteiger partial charge in [-0.2, -0.15) is 8.42 Å². The van der Waals surface area contributed by atoms with E-state index in [2.05, 4.69) is 0 Å². The second-order valence-electron chi connectivity index (χ2n) is 6.36. The fourth-order valence-electron chi connectivity index (χ4n) is 3.02. The van der Waals surface area contributed by atoms with E-state index in [0.717, 1.165) is 20.9 Å². The van der Waals surface area contributed by atoms with Gasteiger partial charge in [0.2, 0.25) is 0 Å². The maximum Gasteiger partial charge on any atom is 0.274 e. The molecule has 142 valence electrons. The van der Waals surface area contributed by atoms with E-state index >= 15 is 0 Å². The van der Waals surface area contributed by atoms with Crippen molar-refractivity contribution in [3.05, 3.63) is 83.9 Å². The smallest absolute Gasteiger partial charge is 0.274 e. The first kappa shape index (κ1) is 19.5. The van der Waals surface area contributed by atoms with Gasteiger partial charge in [-0.15, -0.1) is 0 Å². The van der Waals surface area contributed by atoms with Crippen LogP contribution in [0.3, 0.4) is 0 Å². The van der Waals surface area contributed by atoms with Crippen LogP contribution in [-0.4, -0.2) is 19.8 Å². The number of rotatable bonds is 5. The summed E-state index contributed by atoms with van der Waals surface area (Å²) in [5, 5.41) is 10.2. The number of benzene rings is 3. The molecule has 3 aromatic carbocycles. The second kappa shape index (κ2) is 7.38. The summed E-state index contributed by atoms with van der Waals surface area (Å²) in [5.74, 6) is 0.201. The third-order valence-electron chi connectivity index (χ3n) is 4.17. The van der Waals surface area contributed by atoms with Gasteiger partial charge in [0, 0.05) is 14.7 Å². The lowest BCUT2D eigenvalue weighted by Crippen LogP contribution is -2.13. The molecule has 0 radical (unpaired) electrons. The molecule has 1 N–H and O–H groups in total. The predicted octanol–water partition coefficient (Wildman–Crippen LogP) is 5.18. The summed E-state index contributed by atoms with van der Waals surface area (Å²) >= 11 is 0.